The second-order valence-corrected chi connectivity index (χ2v) is 35.0. The highest BCUT2D eigenvalue weighted by Crippen LogP contribution is 2.45. The van der Waals surface area contributed by atoms with E-state index in [1.807, 2.05) is 0 Å². The van der Waals surface area contributed by atoms with Gasteiger partial charge in [-0.3, -0.25) is 37.3 Å². The zero-order chi connectivity index (χ0) is 78.3. The van der Waals surface area contributed by atoms with Crippen molar-refractivity contribution in [3.63, 3.8) is 0 Å². The molecule has 0 heterocycles. The van der Waals surface area contributed by atoms with E-state index in [0.717, 1.165) is 109 Å². The molecule has 0 aliphatic rings. The van der Waals surface area contributed by atoms with Gasteiger partial charge in [-0.1, -0.05) is 426 Å². The third kappa shape index (κ3) is 81.9. The van der Waals surface area contributed by atoms with Crippen LogP contribution in [-0.4, -0.2) is 96.7 Å². The maximum Gasteiger partial charge on any atom is 0.472 e. The van der Waals surface area contributed by atoms with Gasteiger partial charge in [-0.25, -0.2) is 9.13 Å². The van der Waals surface area contributed by atoms with Crippen molar-refractivity contribution in [1.29, 1.82) is 0 Å². The first-order valence-corrected chi connectivity index (χ1v) is 48.6. The van der Waals surface area contributed by atoms with Gasteiger partial charge in [0.15, 0.2) is 12.2 Å². The molecular weight excluding hydrogens is 1390 g/mol. The number of aliphatic hydroxyl groups is 1. The smallest absolute Gasteiger partial charge is 0.462 e. The number of carbonyl (C=O) groups is 4. The van der Waals surface area contributed by atoms with Crippen molar-refractivity contribution in [2.75, 3.05) is 39.6 Å². The van der Waals surface area contributed by atoms with E-state index in [9.17, 15) is 43.2 Å². The molecule has 19 heteroatoms. The Hall–Kier alpha value is -1.94. The van der Waals surface area contributed by atoms with Gasteiger partial charge in [0.2, 0.25) is 0 Å². The van der Waals surface area contributed by atoms with Crippen molar-refractivity contribution < 1.29 is 80.2 Å². The van der Waals surface area contributed by atoms with Gasteiger partial charge in [-0.2, -0.15) is 0 Å². The highest BCUT2D eigenvalue weighted by atomic mass is 31.2. The molecule has 0 aromatic carbocycles. The fraction of sp³-hybridized carbons (Fsp3) is 0.955. The molecule has 0 radical (unpaired) electrons. The van der Waals surface area contributed by atoms with Crippen molar-refractivity contribution in [3.05, 3.63) is 0 Å². The third-order valence-electron chi connectivity index (χ3n) is 20.8. The van der Waals surface area contributed by atoms with E-state index >= 15 is 0 Å². The summed E-state index contributed by atoms with van der Waals surface area (Å²) in [7, 11) is -9.92. The Balaban J connectivity index is 5.14. The van der Waals surface area contributed by atoms with E-state index in [-0.39, 0.29) is 25.7 Å². The lowest BCUT2D eigenvalue weighted by Crippen LogP contribution is -2.30. The SMILES string of the molecule is CCCCCCCCCCCCCCCCCCCCCCCCC(=O)OC[C@H](COP(=O)(O)OC[C@@H](O)COP(=O)(O)OC[C@@H](COC(=O)CCCCCCCCC)OC(=O)CCCCCCCCCCCCCCCC(C)C)OC(=O)CCCCCCCCCCCCCCCCCCCCCCCC. The monoisotopic (exact) mass is 1560 g/mol. The number of phosphoric acid groups is 2. The first kappa shape index (κ1) is 105. The maximum atomic E-state index is 13.2. The first-order valence-electron chi connectivity index (χ1n) is 45.6. The summed E-state index contributed by atoms with van der Waals surface area (Å²) < 4.78 is 68.8. The van der Waals surface area contributed by atoms with Crippen LogP contribution in [0.15, 0.2) is 0 Å². The van der Waals surface area contributed by atoms with Crippen LogP contribution in [0, 0.1) is 5.92 Å². The maximum absolute atomic E-state index is 13.2. The number of hydrogen-bond donors (Lipinski definition) is 3. The number of esters is 4. The molecule has 0 aliphatic heterocycles. The molecule has 3 N–H and O–H groups in total. The zero-order valence-corrected chi connectivity index (χ0v) is 72.1. The number of aliphatic hydroxyl groups excluding tert-OH is 1. The number of phosphoric ester groups is 2. The van der Waals surface area contributed by atoms with Crippen molar-refractivity contribution in [2.45, 2.75) is 496 Å². The van der Waals surface area contributed by atoms with Crippen LogP contribution in [0.1, 0.15) is 478 Å². The van der Waals surface area contributed by atoms with E-state index < -0.39 is 97.5 Å². The van der Waals surface area contributed by atoms with E-state index in [4.69, 9.17) is 37.0 Å². The standard InChI is InChI=1S/C88H172O17P2/c1-6-9-12-15-18-20-22-24-26-28-30-32-34-36-38-40-44-48-52-57-62-67-72-86(91)99-78-84(105-88(93)73-68-63-58-53-49-45-41-39-37-35-33-31-29-27-25-23-21-19-16-13-10-7-2)80-103-107(96,97)101-76-82(89)75-100-106(94,95)102-79-83(77-98-85(90)71-66-61-55-17-14-11-8-3)104-87(92)74-69-64-59-54-50-46-42-43-47-51-56-60-65-70-81(4)5/h81-84,89H,6-80H2,1-5H3,(H,94,95)(H,96,97)/t82-,83+,84+/m0/s1. The normalized spacial score (nSPS) is 13.7. The second-order valence-electron chi connectivity index (χ2n) is 32.1. The molecule has 2 unspecified atom stereocenters. The lowest BCUT2D eigenvalue weighted by atomic mass is 10.0. The molecule has 0 aromatic heterocycles. The van der Waals surface area contributed by atoms with Crippen LogP contribution in [0.2, 0.25) is 0 Å². The van der Waals surface area contributed by atoms with Gasteiger partial charge in [0.25, 0.3) is 0 Å². The Morgan fingerprint density at radius 1 is 0.252 bits per heavy atom. The average Bonchev–Trinajstić information content (AvgIpc) is 0.911. The van der Waals surface area contributed by atoms with Crippen molar-refractivity contribution in [1.82, 2.24) is 0 Å². The minimum atomic E-state index is -4.97. The van der Waals surface area contributed by atoms with Crippen LogP contribution in [0.3, 0.4) is 0 Å². The summed E-state index contributed by atoms with van der Waals surface area (Å²) in [5.74, 6) is -1.32. The molecule has 0 saturated heterocycles. The largest absolute Gasteiger partial charge is 0.472 e. The van der Waals surface area contributed by atoms with Crippen molar-refractivity contribution >= 4 is 39.5 Å². The van der Waals surface area contributed by atoms with E-state index in [0.29, 0.717) is 25.7 Å². The Labute approximate surface area is 658 Å². The quantitative estimate of drug-likeness (QED) is 0.0222. The molecule has 0 fully saturated rings. The Morgan fingerprint density at radius 3 is 0.636 bits per heavy atom. The topological polar surface area (TPSA) is 237 Å². The number of hydrogen-bond acceptors (Lipinski definition) is 15. The lowest BCUT2D eigenvalue weighted by Gasteiger charge is -2.21. The van der Waals surface area contributed by atoms with E-state index in [2.05, 4.69) is 34.6 Å². The summed E-state index contributed by atoms with van der Waals surface area (Å²) in [6.45, 7) is 7.34. The molecule has 636 valence electrons. The molecule has 0 aliphatic carbocycles. The number of ether oxygens (including phenoxy) is 4. The van der Waals surface area contributed by atoms with Gasteiger partial charge in [0.1, 0.15) is 19.3 Å². The zero-order valence-electron chi connectivity index (χ0n) is 70.3. The Kier molecular flexibility index (Phi) is 79.2. The second kappa shape index (κ2) is 80.7. The molecule has 5 atom stereocenters. The highest BCUT2D eigenvalue weighted by Gasteiger charge is 2.30. The lowest BCUT2D eigenvalue weighted by molar-refractivity contribution is -0.161. The highest BCUT2D eigenvalue weighted by molar-refractivity contribution is 7.47. The molecule has 0 aromatic rings. The first-order chi connectivity index (χ1) is 52.0. The molecule has 0 rings (SSSR count). The molecule has 0 amide bonds. The molecule has 0 saturated carbocycles. The Bertz CT molecular complexity index is 2030. The van der Waals surface area contributed by atoms with E-state index in [1.165, 1.54) is 289 Å². The number of unbranched alkanes of at least 4 members (excludes halogenated alkanes) is 60. The van der Waals surface area contributed by atoms with Gasteiger partial charge in [0.05, 0.1) is 26.4 Å². The minimum absolute atomic E-state index is 0.107. The van der Waals surface area contributed by atoms with Crippen LogP contribution in [-0.2, 0) is 65.4 Å². The van der Waals surface area contributed by atoms with Crippen molar-refractivity contribution in [3.8, 4) is 0 Å². The van der Waals surface area contributed by atoms with Gasteiger partial charge >= 0.3 is 39.5 Å². The van der Waals surface area contributed by atoms with Crippen LogP contribution >= 0.6 is 15.6 Å². The number of carbonyl (C=O) groups excluding carboxylic acids is 4. The van der Waals surface area contributed by atoms with Crippen LogP contribution < -0.4 is 0 Å². The fourth-order valence-electron chi connectivity index (χ4n) is 13.8. The van der Waals surface area contributed by atoms with Gasteiger partial charge in [0, 0.05) is 25.7 Å². The predicted octanol–water partition coefficient (Wildman–Crippen LogP) is 27.2. The molecule has 107 heavy (non-hydrogen) atoms. The van der Waals surface area contributed by atoms with Crippen LogP contribution in [0.4, 0.5) is 0 Å². The minimum Gasteiger partial charge on any atom is -0.462 e. The molecule has 17 nitrogen and oxygen atoms in total. The summed E-state index contributed by atoms with van der Waals surface area (Å²) in [4.78, 5) is 73.1. The fourth-order valence-corrected chi connectivity index (χ4v) is 15.4. The Morgan fingerprint density at radius 2 is 0.430 bits per heavy atom. The molecule has 0 bridgehead atoms. The number of rotatable bonds is 88. The molecule has 0 spiro atoms. The van der Waals surface area contributed by atoms with Gasteiger partial charge in [-0.15, -0.1) is 0 Å². The summed E-state index contributed by atoms with van der Waals surface area (Å²) in [5.41, 5.74) is 0. The third-order valence-corrected chi connectivity index (χ3v) is 22.7. The average molecular weight is 1560 g/mol. The summed E-state index contributed by atoms with van der Waals surface area (Å²) in [5, 5.41) is 10.7. The van der Waals surface area contributed by atoms with Gasteiger partial charge < -0.3 is 33.8 Å². The summed E-state index contributed by atoms with van der Waals surface area (Å²) >= 11 is 0. The van der Waals surface area contributed by atoms with E-state index in [1.54, 1.807) is 0 Å². The molecular formula is C88H172O17P2. The van der Waals surface area contributed by atoms with Crippen LogP contribution in [0.25, 0.3) is 0 Å². The summed E-state index contributed by atoms with van der Waals surface area (Å²) in [6.07, 6.45) is 75.5. The summed E-state index contributed by atoms with van der Waals surface area (Å²) in [6, 6.07) is 0. The van der Waals surface area contributed by atoms with Crippen LogP contribution in [0.5, 0.6) is 0 Å². The van der Waals surface area contributed by atoms with Gasteiger partial charge in [-0.05, 0) is 31.6 Å². The van der Waals surface area contributed by atoms with Crippen molar-refractivity contribution in [2.24, 2.45) is 5.92 Å². The predicted molar refractivity (Wildman–Crippen MR) is 442 cm³/mol.